The second-order valence-electron chi connectivity index (χ2n) is 5.91. The fraction of sp³-hybridized carbons (Fsp3) is 0.333. The van der Waals surface area contributed by atoms with E-state index in [1.807, 2.05) is 13.0 Å². The van der Waals surface area contributed by atoms with Crippen LogP contribution in [0.15, 0.2) is 48.0 Å². The van der Waals surface area contributed by atoms with Gasteiger partial charge in [-0.15, -0.1) is 11.3 Å². The van der Waals surface area contributed by atoms with Gasteiger partial charge in [-0.1, -0.05) is 18.2 Å². The largest absolute Gasteiger partial charge is 0.465 e. The molecule has 1 N–H and O–H groups in total. The Morgan fingerprint density at radius 2 is 2.29 bits per heavy atom. The maximum Gasteiger partial charge on any atom is 0.413 e. The molecular formula is C18H21N3O2S. The molecule has 0 unspecified atom stereocenters. The van der Waals surface area contributed by atoms with E-state index >= 15 is 0 Å². The third-order valence-corrected chi connectivity index (χ3v) is 5.14. The second-order valence-corrected chi connectivity index (χ2v) is 6.85. The van der Waals surface area contributed by atoms with Gasteiger partial charge in [0, 0.05) is 30.7 Å². The molecule has 2 aromatic heterocycles. The van der Waals surface area contributed by atoms with Crippen LogP contribution < -0.4 is 4.90 Å². The molecule has 6 heteroatoms. The Morgan fingerprint density at radius 1 is 1.42 bits per heavy atom. The Morgan fingerprint density at radius 3 is 2.88 bits per heavy atom. The normalized spacial score (nSPS) is 16.5. The number of rotatable bonds is 5. The highest BCUT2D eigenvalue weighted by molar-refractivity contribution is 7.11. The SMILES string of the molecule is C[C@H](CN1CC=C(c2cccs2)CC1)N(C(=O)O)c1ccccn1. The molecule has 2 aromatic rings. The molecule has 3 rings (SSSR count). The predicted octanol–water partition coefficient (Wildman–Crippen LogP) is 3.81. The van der Waals surface area contributed by atoms with E-state index in [4.69, 9.17) is 0 Å². The number of carbonyl (C=O) groups is 1. The van der Waals surface area contributed by atoms with Crippen LogP contribution in [0.1, 0.15) is 18.2 Å². The molecule has 5 nitrogen and oxygen atoms in total. The van der Waals surface area contributed by atoms with Crippen molar-refractivity contribution in [3.63, 3.8) is 0 Å². The van der Waals surface area contributed by atoms with Gasteiger partial charge in [-0.05, 0) is 42.5 Å². The summed E-state index contributed by atoms with van der Waals surface area (Å²) in [5.74, 6) is 0.476. The van der Waals surface area contributed by atoms with Crippen LogP contribution in [0.4, 0.5) is 10.6 Å². The molecule has 1 aliphatic rings. The van der Waals surface area contributed by atoms with Gasteiger partial charge in [-0.2, -0.15) is 0 Å². The van der Waals surface area contributed by atoms with Gasteiger partial charge in [0.25, 0.3) is 0 Å². The standard InChI is InChI=1S/C18H21N3O2S/c1-14(21(18(22)23)17-6-2-3-9-19-17)13-20-10-7-15(8-11-20)16-5-4-12-24-16/h2-7,9,12,14H,8,10-11,13H2,1H3,(H,22,23)/t14-/m1/s1. The molecular weight excluding hydrogens is 322 g/mol. The fourth-order valence-corrected chi connectivity index (χ4v) is 3.82. The van der Waals surface area contributed by atoms with E-state index in [0.717, 1.165) is 19.5 Å². The van der Waals surface area contributed by atoms with Crippen LogP contribution in [0, 0.1) is 0 Å². The molecule has 0 aromatic carbocycles. The minimum atomic E-state index is -0.965. The monoisotopic (exact) mass is 343 g/mol. The first-order valence-corrected chi connectivity index (χ1v) is 8.91. The number of amides is 1. The Labute approximate surface area is 145 Å². The smallest absolute Gasteiger partial charge is 0.413 e. The van der Waals surface area contributed by atoms with Crippen molar-refractivity contribution in [2.75, 3.05) is 24.5 Å². The Hall–Kier alpha value is -2.18. The molecule has 0 aliphatic carbocycles. The average molecular weight is 343 g/mol. The van der Waals surface area contributed by atoms with Crippen molar-refractivity contribution in [2.45, 2.75) is 19.4 Å². The number of anilines is 1. The summed E-state index contributed by atoms with van der Waals surface area (Å²) in [5, 5.41) is 11.6. The first-order chi connectivity index (χ1) is 11.6. The first kappa shape index (κ1) is 16.7. The van der Waals surface area contributed by atoms with Gasteiger partial charge in [0.2, 0.25) is 0 Å². The number of carboxylic acid groups (broad SMARTS) is 1. The van der Waals surface area contributed by atoms with Crippen molar-refractivity contribution in [1.29, 1.82) is 0 Å². The summed E-state index contributed by atoms with van der Waals surface area (Å²) in [7, 11) is 0. The van der Waals surface area contributed by atoms with E-state index in [0.29, 0.717) is 12.4 Å². The zero-order chi connectivity index (χ0) is 16.9. The Balaban J connectivity index is 1.64. The molecule has 0 saturated heterocycles. The molecule has 1 amide bonds. The van der Waals surface area contributed by atoms with Crippen molar-refractivity contribution in [3.05, 3.63) is 52.9 Å². The summed E-state index contributed by atoms with van der Waals surface area (Å²) in [6.07, 6.45) is 3.92. The molecule has 0 bridgehead atoms. The van der Waals surface area contributed by atoms with Crippen molar-refractivity contribution in [3.8, 4) is 0 Å². The van der Waals surface area contributed by atoms with Gasteiger partial charge in [0.15, 0.2) is 0 Å². The third kappa shape index (κ3) is 3.83. The third-order valence-electron chi connectivity index (χ3n) is 4.20. The van der Waals surface area contributed by atoms with Gasteiger partial charge < -0.3 is 5.11 Å². The summed E-state index contributed by atoms with van der Waals surface area (Å²) in [6, 6.07) is 9.40. The van der Waals surface area contributed by atoms with Crippen molar-refractivity contribution < 1.29 is 9.90 Å². The molecule has 0 fully saturated rings. The fourth-order valence-electron chi connectivity index (χ4n) is 3.03. The summed E-state index contributed by atoms with van der Waals surface area (Å²) < 4.78 is 0. The van der Waals surface area contributed by atoms with E-state index in [2.05, 4.69) is 33.5 Å². The first-order valence-electron chi connectivity index (χ1n) is 8.03. The highest BCUT2D eigenvalue weighted by Crippen LogP contribution is 2.26. The van der Waals surface area contributed by atoms with E-state index in [-0.39, 0.29) is 6.04 Å². The minimum absolute atomic E-state index is 0.158. The van der Waals surface area contributed by atoms with Crippen LogP contribution in [0.25, 0.3) is 5.57 Å². The number of thiophene rings is 1. The minimum Gasteiger partial charge on any atom is -0.465 e. The molecule has 24 heavy (non-hydrogen) atoms. The van der Waals surface area contributed by atoms with Crippen molar-refractivity contribution in [2.24, 2.45) is 0 Å². The number of aromatic nitrogens is 1. The maximum atomic E-state index is 11.6. The van der Waals surface area contributed by atoms with Crippen LogP contribution in [0.5, 0.6) is 0 Å². The van der Waals surface area contributed by atoms with E-state index in [1.165, 1.54) is 15.4 Å². The zero-order valence-corrected chi connectivity index (χ0v) is 14.4. The van der Waals surface area contributed by atoms with Crippen LogP contribution in [0.2, 0.25) is 0 Å². The lowest BCUT2D eigenvalue weighted by atomic mass is 10.1. The van der Waals surface area contributed by atoms with Crippen LogP contribution in [-0.4, -0.2) is 46.8 Å². The van der Waals surface area contributed by atoms with Gasteiger partial charge in [0.05, 0.1) is 6.04 Å². The van der Waals surface area contributed by atoms with Crippen LogP contribution in [0.3, 0.4) is 0 Å². The summed E-state index contributed by atoms with van der Waals surface area (Å²) in [5.41, 5.74) is 1.40. The molecule has 126 valence electrons. The predicted molar refractivity (Wildman–Crippen MR) is 97.6 cm³/mol. The van der Waals surface area contributed by atoms with Gasteiger partial charge >= 0.3 is 6.09 Å². The number of nitrogens with zero attached hydrogens (tertiary/aromatic N) is 3. The molecule has 0 spiro atoms. The van der Waals surface area contributed by atoms with Crippen LogP contribution >= 0.6 is 11.3 Å². The second kappa shape index (κ2) is 7.59. The number of hydrogen-bond donors (Lipinski definition) is 1. The lowest BCUT2D eigenvalue weighted by molar-refractivity contribution is 0.195. The van der Waals surface area contributed by atoms with Crippen molar-refractivity contribution in [1.82, 2.24) is 9.88 Å². The number of hydrogen-bond acceptors (Lipinski definition) is 4. The lowest BCUT2D eigenvalue weighted by Crippen LogP contribution is -2.46. The molecule has 0 saturated carbocycles. The molecule has 0 radical (unpaired) electrons. The summed E-state index contributed by atoms with van der Waals surface area (Å²) in [6.45, 7) is 4.43. The Kier molecular flexibility index (Phi) is 5.27. The summed E-state index contributed by atoms with van der Waals surface area (Å²) >= 11 is 1.77. The number of pyridine rings is 1. The van der Waals surface area contributed by atoms with E-state index in [1.54, 1.807) is 29.7 Å². The topological polar surface area (TPSA) is 56.7 Å². The van der Waals surface area contributed by atoms with Gasteiger partial charge in [-0.25, -0.2) is 9.78 Å². The highest BCUT2D eigenvalue weighted by atomic mass is 32.1. The quantitative estimate of drug-likeness (QED) is 0.897. The lowest BCUT2D eigenvalue weighted by Gasteiger charge is -2.32. The van der Waals surface area contributed by atoms with Crippen LogP contribution in [-0.2, 0) is 0 Å². The van der Waals surface area contributed by atoms with E-state index in [9.17, 15) is 9.90 Å². The average Bonchev–Trinajstić information content (AvgIpc) is 3.11. The highest BCUT2D eigenvalue weighted by Gasteiger charge is 2.25. The molecule has 3 heterocycles. The maximum absolute atomic E-state index is 11.6. The molecule has 1 aliphatic heterocycles. The Bertz CT molecular complexity index is 700. The van der Waals surface area contributed by atoms with E-state index < -0.39 is 6.09 Å². The zero-order valence-electron chi connectivity index (χ0n) is 13.6. The summed E-state index contributed by atoms with van der Waals surface area (Å²) in [4.78, 5) is 20.8. The van der Waals surface area contributed by atoms with Gasteiger partial charge in [0.1, 0.15) is 5.82 Å². The van der Waals surface area contributed by atoms with Gasteiger partial charge in [-0.3, -0.25) is 9.80 Å². The molecule has 1 atom stereocenters. The van der Waals surface area contributed by atoms with Crippen molar-refractivity contribution >= 4 is 28.8 Å².